The van der Waals surface area contributed by atoms with Gasteiger partial charge in [0.2, 0.25) is 0 Å². The number of likely N-dealkylation sites (tertiary alicyclic amines) is 1. The molecule has 0 amide bonds. The maximum atomic E-state index is 13.1. The van der Waals surface area contributed by atoms with Crippen LogP contribution in [0.5, 0.6) is 0 Å². The highest BCUT2D eigenvalue weighted by molar-refractivity contribution is 5.26. The lowest BCUT2D eigenvalue weighted by Crippen LogP contribution is -2.23. The summed E-state index contributed by atoms with van der Waals surface area (Å²) in [5.74, 6) is 0.699. The van der Waals surface area contributed by atoms with Gasteiger partial charge in [-0.05, 0) is 49.2 Å². The van der Waals surface area contributed by atoms with Gasteiger partial charge in [-0.3, -0.25) is 9.47 Å². The average Bonchev–Trinajstić information content (AvgIpc) is 3.29. The monoisotopic (exact) mass is 322 g/mol. The van der Waals surface area contributed by atoms with E-state index in [9.17, 15) is 4.39 Å². The van der Waals surface area contributed by atoms with Gasteiger partial charge in [0.05, 0.1) is 11.7 Å². The Hall–Kier alpha value is -2.53. The molecule has 3 aromatic rings. The van der Waals surface area contributed by atoms with Crippen LogP contribution in [0.1, 0.15) is 30.1 Å². The summed E-state index contributed by atoms with van der Waals surface area (Å²) in [6, 6.07) is 13.2. The van der Waals surface area contributed by atoms with Crippen LogP contribution in [-0.4, -0.2) is 26.0 Å². The summed E-state index contributed by atoms with van der Waals surface area (Å²) in [5.41, 5.74) is 2.22. The molecule has 4 nitrogen and oxygen atoms in total. The van der Waals surface area contributed by atoms with E-state index >= 15 is 0 Å². The topological polar surface area (TPSA) is 34.0 Å². The number of aromatic nitrogens is 3. The maximum Gasteiger partial charge on any atom is 0.138 e. The molecule has 0 unspecified atom stereocenters. The first-order chi connectivity index (χ1) is 11.8. The van der Waals surface area contributed by atoms with Crippen molar-refractivity contribution in [2.24, 2.45) is 0 Å². The Labute approximate surface area is 140 Å². The van der Waals surface area contributed by atoms with Crippen LogP contribution in [0.3, 0.4) is 0 Å². The van der Waals surface area contributed by atoms with Gasteiger partial charge < -0.3 is 0 Å². The van der Waals surface area contributed by atoms with Crippen LogP contribution < -0.4 is 0 Å². The lowest BCUT2D eigenvalue weighted by Gasteiger charge is -2.24. The van der Waals surface area contributed by atoms with Gasteiger partial charge in [-0.1, -0.05) is 18.2 Å². The predicted molar refractivity (Wildman–Crippen MR) is 90.1 cm³/mol. The molecule has 3 heterocycles. The Morgan fingerprint density at radius 3 is 2.79 bits per heavy atom. The standard InChI is InChI=1S/C19H19FN4/c20-16-8-6-15(7-9-16)13-23-11-2-4-18(23)17-3-1-5-19(22-17)24-12-10-21-14-24/h1,3,5-10,12,14,18H,2,4,11,13H2/t18-/m1/s1. The highest BCUT2D eigenvalue weighted by atomic mass is 19.1. The molecule has 1 aromatic carbocycles. The van der Waals surface area contributed by atoms with Crippen molar-refractivity contribution in [3.8, 4) is 5.82 Å². The first kappa shape index (κ1) is 15.0. The first-order valence-corrected chi connectivity index (χ1v) is 8.23. The third kappa shape index (κ3) is 3.08. The second-order valence-electron chi connectivity index (χ2n) is 6.15. The number of imidazole rings is 1. The quantitative estimate of drug-likeness (QED) is 0.734. The molecule has 4 rings (SSSR count). The van der Waals surface area contributed by atoms with E-state index < -0.39 is 0 Å². The fraction of sp³-hybridized carbons (Fsp3) is 0.263. The molecular weight excluding hydrogens is 303 g/mol. The first-order valence-electron chi connectivity index (χ1n) is 8.23. The Bertz CT molecular complexity index is 798. The van der Waals surface area contributed by atoms with Crippen molar-refractivity contribution in [3.63, 3.8) is 0 Å². The second kappa shape index (κ2) is 6.53. The molecule has 24 heavy (non-hydrogen) atoms. The molecule has 1 fully saturated rings. The summed E-state index contributed by atoms with van der Waals surface area (Å²) in [7, 11) is 0. The fourth-order valence-electron chi connectivity index (χ4n) is 3.34. The van der Waals surface area contributed by atoms with Crippen molar-refractivity contribution in [2.45, 2.75) is 25.4 Å². The minimum Gasteiger partial charge on any atom is -0.291 e. The zero-order valence-corrected chi connectivity index (χ0v) is 13.3. The van der Waals surface area contributed by atoms with Crippen LogP contribution in [0.25, 0.3) is 5.82 Å². The van der Waals surface area contributed by atoms with Crippen molar-refractivity contribution in [1.29, 1.82) is 0 Å². The molecule has 1 aliphatic rings. The molecule has 0 N–H and O–H groups in total. The van der Waals surface area contributed by atoms with Crippen LogP contribution in [0, 0.1) is 5.82 Å². The second-order valence-corrected chi connectivity index (χ2v) is 6.15. The van der Waals surface area contributed by atoms with E-state index in [1.54, 1.807) is 12.5 Å². The molecule has 5 heteroatoms. The molecule has 1 atom stereocenters. The molecule has 1 saturated heterocycles. The van der Waals surface area contributed by atoms with Crippen molar-refractivity contribution in [3.05, 3.63) is 78.3 Å². The normalized spacial score (nSPS) is 18.1. The van der Waals surface area contributed by atoms with Gasteiger partial charge in [0, 0.05) is 18.9 Å². The summed E-state index contributed by atoms with van der Waals surface area (Å²) >= 11 is 0. The minimum atomic E-state index is -0.188. The van der Waals surface area contributed by atoms with Gasteiger partial charge in [-0.2, -0.15) is 0 Å². The highest BCUT2D eigenvalue weighted by Gasteiger charge is 2.27. The van der Waals surface area contributed by atoms with Gasteiger partial charge in [0.25, 0.3) is 0 Å². The Morgan fingerprint density at radius 1 is 1.12 bits per heavy atom. The number of benzene rings is 1. The van der Waals surface area contributed by atoms with Gasteiger partial charge in [0.1, 0.15) is 18.0 Å². The van der Waals surface area contributed by atoms with Crippen LogP contribution >= 0.6 is 0 Å². The van der Waals surface area contributed by atoms with Gasteiger partial charge in [0.15, 0.2) is 0 Å². The van der Waals surface area contributed by atoms with Crippen LogP contribution in [-0.2, 0) is 6.54 Å². The van der Waals surface area contributed by atoms with E-state index in [2.05, 4.69) is 16.0 Å². The molecule has 0 spiro atoms. The molecule has 1 aliphatic heterocycles. The smallest absolute Gasteiger partial charge is 0.138 e. The Balaban J connectivity index is 1.56. The molecule has 2 aromatic heterocycles. The Kier molecular flexibility index (Phi) is 4.09. The Morgan fingerprint density at radius 2 is 2.00 bits per heavy atom. The number of hydrogen-bond acceptors (Lipinski definition) is 3. The zero-order chi connectivity index (χ0) is 16.4. The zero-order valence-electron chi connectivity index (χ0n) is 13.3. The summed E-state index contributed by atoms with van der Waals surface area (Å²) < 4.78 is 15.0. The maximum absolute atomic E-state index is 13.1. The van der Waals surface area contributed by atoms with E-state index in [-0.39, 0.29) is 5.82 Å². The van der Waals surface area contributed by atoms with E-state index in [1.807, 2.05) is 35.0 Å². The number of pyridine rings is 1. The minimum absolute atomic E-state index is 0.188. The van der Waals surface area contributed by atoms with E-state index in [1.165, 1.54) is 12.1 Å². The van der Waals surface area contributed by atoms with Crippen LogP contribution in [0.2, 0.25) is 0 Å². The lowest BCUT2D eigenvalue weighted by molar-refractivity contribution is 0.244. The number of hydrogen-bond donors (Lipinski definition) is 0. The molecular formula is C19H19FN4. The summed E-state index contributed by atoms with van der Waals surface area (Å²) in [6.45, 7) is 1.86. The molecule has 0 radical (unpaired) electrons. The van der Waals surface area contributed by atoms with Crippen LogP contribution in [0.15, 0.2) is 61.2 Å². The molecule has 122 valence electrons. The number of nitrogens with zero attached hydrogens (tertiary/aromatic N) is 4. The third-order valence-corrected chi connectivity index (χ3v) is 4.53. The van der Waals surface area contributed by atoms with Gasteiger partial charge in [-0.25, -0.2) is 14.4 Å². The number of halogens is 1. The molecule has 0 bridgehead atoms. The van der Waals surface area contributed by atoms with Crippen molar-refractivity contribution in [2.75, 3.05) is 6.54 Å². The van der Waals surface area contributed by atoms with Crippen molar-refractivity contribution in [1.82, 2.24) is 19.4 Å². The average molecular weight is 322 g/mol. The largest absolute Gasteiger partial charge is 0.291 e. The molecule has 0 aliphatic carbocycles. The predicted octanol–water partition coefficient (Wildman–Crippen LogP) is 3.74. The van der Waals surface area contributed by atoms with Gasteiger partial charge in [-0.15, -0.1) is 0 Å². The van der Waals surface area contributed by atoms with E-state index in [0.717, 1.165) is 43.0 Å². The SMILES string of the molecule is Fc1ccc(CN2CCC[C@@H]2c2cccc(-n3ccnc3)n2)cc1. The van der Waals surface area contributed by atoms with E-state index in [4.69, 9.17) is 4.98 Å². The van der Waals surface area contributed by atoms with Gasteiger partial charge >= 0.3 is 0 Å². The lowest BCUT2D eigenvalue weighted by atomic mass is 10.1. The molecule has 0 saturated carbocycles. The third-order valence-electron chi connectivity index (χ3n) is 4.53. The summed E-state index contributed by atoms with van der Waals surface area (Å²) in [5, 5.41) is 0. The van der Waals surface area contributed by atoms with Crippen LogP contribution in [0.4, 0.5) is 4.39 Å². The van der Waals surface area contributed by atoms with Crippen molar-refractivity contribution < 1.29 is 4.39 Å². The summed E-state index contributed by atoms with van der Waals surface area (Å²) in [6.07, 6.45) is 7.67. The van der Waals surface area contributed by atoms with E-state index in [0.29, 0.717) is 6.04 Å². The summed E-state index contributed by atoms with van der Waals surface area (Å²) in [4.78, 5) is 11.3. The fourth-order valence-corrected chi connectivity index (χ4v) is 3.34. The number of rotatable bonds is 4. The van der Waals surface area contributed by atoms with Crippen molar-refractivity contribution >= 4 is 0 Å². The highest BCUT2D eigenvalue weighted by Crippen LogP contribution is 2.32.